The van der Waals surface area contributed by atoms with Gasteiger partial charge in [-0.1, -0.05) is 38.1 Å². The summed E-state index contributed by atoms with van der Waals surface area (Å²) < 4.78 is 17.2. The second-order valence-electron chi connectivity index (χ2n) is 14.2. The van der Waals surface area contributed by atoms with Gasteiger partial charge >= 0.3 is 0 Å². The van der Waals surface area contributed by atoms with E-state index in [9.17, 15) is 19.2 Å². The van der Waals surface area contributed by atoms with Crippen LogP contribution >= 0.6 is 0 Å². The number of carbonyl (C=O) groups excluding carboxylic acids is 4. The third-order valence-corrected chi connectivity index (χ3v) is 9.72. The molecule has 274 valence electrons. The number of ether oxygens (including phenoxy) is 2. The number of likely N-dealkylation sites (tertiary alicyclic amines) is 1. The van der Waals surface area contributed by atoms with E-state index in [0.717, 1.165) is 55.1 Å². The van der Waals surface area contributed by atoms with Gasteiger partial charge in [0.2, 0.25) is 5.91 Å². The Morgan fingerprint density at radius 2 is 1.85 bits per heavy atom. The highest BCUT2D eigenvalue weighted by Gasteiger charge is 2.32. The average molecular weight is 709 g/mol. The quantitative estimate of drug-likeness (QED) is 0.184. The van der Waals surface area contributed by atoms with Crippen molar-refractivity contribution in [2.45, 2.75) is 52.0 Å². The molecule has 4 heterocycles. The van der Waals surface area contributed by atoms with Crippen molar-refractivity contribution in [1.82, 2.24) is 20.1 Å². The summed E-state index contributed by atoms with van der Waals surface area (Å²) in [7, 11) is 0. The first-order valence-electron chi connectivity index (χ1n) is 18.3. The molecule has 0 bridgehead atoms. The summed E-state index contributed by atoms with van der Waals surface area (Å²) >= 11 is 0. The molecule has 2 amide bonds. The van der Waals surface area contributed by atoms with Crippen molar-refractivity contribution in [3.8, 4) is 17.0 Å². The standard InChI is InChI=1S/C41H48N4O7/c1-28(2)21-35(43-41(49)39-26-32-24-33(11-12-38(32)52-39)51-20-17-44-15-18-50-19-16-44)36(46)25-31-9-6-14-45(27-37(31)47)40(48)23-29-7-5-8-30(22-29)34-10-3-4-13-42-34/h3-5,7-8,10-13,22,24,26,28,31,35H,6,9,14-21,23,25,27H2,1-2H3,(H,43,49)/t31-,35+/m1/s1. The van der Waals surface area contributed by atoms with E-state index in [-0.39, 0.29) is 48.5 Å². The smallest absolute Gasteiger partial charge is 0.287 e. The van der Waals surface area contributed by atoms with E-state index < -0.39 is 17.9 Å². The van der Waals surface area contributed by atoms with E-state index in [4.69, 9.17) is 13.9 Å². The van der Waals surface area contributed by atoms with Crippen LogP contribution in [0.3, 0.4) is 0 Å². The molecule has 0 aliphatic carbocycles. The summed E-state index contributed by atoms with van der Waals surface area (Å²) in [5.74, 6) is -0.540. The highest BCUT2D eigenvalue weighted by Crippen LogP contribution is 2.26. The number of furan rings is 1. The lowest BCUT2D eigenvalue weighted by Crippen LogP contribution is -2.43. The molecule has 0 unspecified atom stereocenters. The second-order valence-corrected chi connectivity index (χ2v) is 14.2. The molecule has 2 aliphatic rings. The maximum absolute atomic E-state index is 13.7. The van der Waals surface area contributed by atoms with Gasteiger partial charge in [-0.2, -0.15) is 0 Å². The molecular weight excluding hydrogens is 660 g/mol. The minimum Gasteiger partial charge on any atom is -0.492 e. The van der Waals surface area contributed by atoms with E-state index in [0.29, 0.717) is 43.7 Å². The predicted molar refractivity (Wildman–Crippen MR) is 197 cm³/mol. The number of benzene rings is 2. The molecule has 2 saturated heterocycles. The number of hydrogen-bond donors (Lipinski definition) is 1. The van der Waals surface area contributed by atoms with Crippen LogP contribution in [0.4, 0.5) is 0 Å². The number of aromatic nitrogens is 1. The normalized spacial score (nSPS) is 17.6. The molecule has 0 saturated carbocycles. The van der Waals surface area contributed by atoms with Crippen LogP contribution in [0.15, 0.2) is 77.3 Å². The van der Waals surface area contributed by atoms with Gasteiger partial charge in [-0.05, 0) is 73.2 Å². The lowest BCUT2D eigenvalue weighted by atomic mass is 9.89. The van der Waals surface area contributed by atoms with Crippen molar-refractivity contribution in [1.29, 1.82) is 0 Å². The highest BCUT2D eigenvalue weighted by atomic mass is 16.5. The number of nitrogens with zero attached hydrogens (tertiary/aromatic N) is 3. The third-order valence-electron chi connectivity index (χ3n) is 9.72. The minimum absolute atomic E-state index is 0.00985. The molecule has 6 rings (SSSR count). The molecule has 52 heavy (non-hydrogen) atoms. The number of rotatable bonds is 14. The van der Waals surface area contributed by atoms with Gasteiger partial charge < -0.3 is 24.1 Å². The number of Topliss-reactive ketones (excluding diaryl/α,β-unsaturated/α-hetero) is 2. The Bertz CT molecular complexity index is 1850. The Morgan fingerprint density at radius 3 is 2.63 bits per heavy atom. The summed E-state index contributed by atoms with van der Waals surface area (Å²) in [6, 6.07) is 19.7. The van der Waals surface area contributed by atoms with Crippen molar-refractivity contribution in [2.75, 3.05) is 52.5 Å². The number of fused-ring (bicyclic) bond motifs is 1. The molecule has 2 aromatic heterocycles. The molecule has 2 aromatic carbocycles. The molecule has 2 atom stereocenters. The molecule has 11 heteroatoms. The molecule has 0 spiro atoms. The first kappa shape index (κ1) is 36.9. The van der Waals surface area contributed by atoms with E-state index in [1.165, 1.54) is 0 Å². The zero-order valence-electron chi connectivity index (χ0n) is 30.1. The van der Waals surface area contributed by atoms with Crippen LogP contribution in [0.5, 0.6) is 5.75 Å². The summed E-state index contributed by atoms with van der Waals surface area (Å²) in [4.78, 5) is 62.2. The predicted octanol–water partition coefficient (Wildman–Crippen LogP) is 5.36. The number of nitrogens with one attached hydrogen (secondary N) is 1. The summed E-state index contributed by atoms with van der Waals surface area (Å²) in [6.07, 6.45) is 3.46. The lowest BCUT2D eigenvalue weighted by Gasteiger charge is -2.26. The van der Waals surface area contributed by atoms with Crippen molar-refractivity contribution in [3.63, 3.8) is 0 Å². The topological polar surface area (TPSA) is 131 Å². The van der Waals surface area contributed by atoms with Crippen LogP contribution in [-0.4, -0.2) is 96.8 Å². The Balaban J connectivity index is 1.03. The van der Waals surface area contributed by atoms with E-state index in [2.05, 4.69) is 15.2 Å². The Hall–Kier alpha value is -4.87. The molecule has 11 nitrogen and oxygen atoms in total. The molecule has 2 aliphatic heterocycles. The molecule has 0 radical (unpaired) electrons. The molecular formula is C41H48N4O7. The van der Waals surface area contributed by atoms with Crippen LogP contribution in [0.2, 0.25) is 0 Å². The van der Waals surface area contributed by atoms with E-state index in [1.807, 2.05) is 68.4 Å². The fourth-order valence-corrected chi connectivity index (χ4v) is 6.87. The van der Waals surface area contributed by atoms with Gasteiger partial charge in [0.15, 0.2) is 17.3 Å². The zero-order chi connectivity index (χ0) is 36.5. The number of amides is 2. The van der Waals surface area contributed by atoms with Gasteiger partial charge in [-0.3, -0.25) is 29.1 Å². The molecule has 4 aromatic rings. The number of morpholine rings is 1. The lowest BCUT2D eigenvalue weighted by molar-refractivity contribution is -0.135. The van der Waals surface area contributed by atoms with E-state index >= 15 is 0 Å². The van der Waals surface area contributed by atoms with Crippen LogP contribution in [0.1, 0.15) is 55.6 Å². The van der Waals surface area contributed by atoms with Crippen molar-refractivity contribution in [2.24, 2.45) is 11.8 Å². The summed E-state index contributed by atoms with van der Waals surface area (Å²) in [6.45, 7) is 8.99. The minimum atomic E-state index is -0.778. The Kier molecular flexibility index (Phi) is 12.5. The average Bonchev–Trinajstić information content (AvgIpc) is 3.49. The van der Waals surface area contributed by atoms with Crippen molar-refractivity contribution < 1.29 is 33.1 Å². The zero-order valence-corrected chi connectivity index (χ0v) is 30.1. The Morgan fingerprint density at radius 1 is 1.00 bits per heavy atom. The number of ketones is 2. The first-order chi connectivity index (χ1) is 25.2. The maximum Gasteiger partial charge on any atom is 0.287 e. The van der Waals surface area contributed by atoms with Gasteiger partial charge in [-0.15, -0.1) is 0 Å². The SMILES string of the molecule is CC(C)C[C@H](NC(=O)c1cc2cc(OCCN3CCOCC3)ccc2o1)C(=O)C[C@H]1CCCN(C(=O)Cc2cccc(-c3ccccn3)c2)CC1=O. The van der Waals surface area contributed by atoms with Gasteiger partial charge in [0, 0.05) is 55.7 Å². The fourth-order valence-electron chi connectivity index (χ4n) is 6.87. The van der Waals surface area contributed by atoms with Gasteiger partial charge in [-0.25, -0.2) is 0 Å². The number of pyridine rings is 1. The van der Waals surface area contributed by atoms with Crippen LogP contribution in [0, 0.1) is 11.8 Å². The molecule has 2 fully saturated rings. The fraction of sp³-hybridized carbons (Fsp3) is 0.439. The van der Waals surface area contributed by atoms with Crippen molar-refractivity contribution >= 4 is 34.4 Å². The van der Waals surface area contributed by atoms with Crippen LogP contribution in [0.25, 0.3) is 22.2 Å². The van der Waals surface area contributed by atoms with Gasteiger partial charge in [0.1, 0.15) is 17.9 Å². The maximum atomic E-state index is 13.7. The largest absolute Gasteiger partial charge is 0.492 e. The Labute approximate surface area is 304 Å². The van der Waals surface area contributed by atoms with Gasteiger partial charge in [0.25, 0.3) is 5.91 Å². The number of hydrogen-bond acceptors (Lipinski definition) is 9. The first-order valence-corrected chi connectivity index (χ1v) is 18.3. The third kappa shape index (κ3) is 9.92. The monoisotopic (exact) mass is 708 g/mol. The van der Waals surface area contributed by atoms with E-state index in [1.54, 1.807) is 23.2 Å². The van der Waals surface area contributed by atoms with Crippen molar-refractivity contribution in [3.05, 3.63) is 84.3 Å². The summed E-state index contributed by atoms with van der Waals surface area (Å²) in [5.41, 5.74) is 3.14. The van der Waals surface area contributed by atoms with Crippen LogP contribution in [-0.2, 0) is 25.5 Å². The second kappa shape index (κ2) is 17.6. The van der Waals surface area contributed by atoms with Gasteiger partial charge in [0.05, 0.1) is 37.9 Å². The van der Waals surface area contributed by atoms with Crippen LogP contribution < -0.4 is 10.1 Å². The highest BCUT2D eigenvalue weighted by molar-refractivity contribution is 6.00. The number of carbonyl (C=O) groups is 4. The molecule has 1 N–H and O–H groups in total. The summed E-state index contributed by atoms with van der Waals surface area (Å²) in [5, 5.41) is 3.62.